The third kappa shape index (κ3) is 6.86. The number of hydrogen-bond donors (Lipinski definition) is 2. The zero-order valence-electron chi connectivity index (χ0n) is 14.3. The van der Waals surface area contributed by atoms with E-state index in [1.165, 1.54) is 30.7 Å². The average molecular weight is 411 g/mol. The molecule has 9 heteroatoms. The fourth-order valence-electron chi connectivity index (χ4n) is 3.21. The van der Waals surface area contributed by atoms with Crippen LogP contribution in [-0.4, -0.2) is 35.7 Å². The zero-order valence-corrected chi connectivity index (χ0v) is 16.8. The molecule has 2 rings (SSSR count). The summed E-state index contributed by atoms with van der Waals surface area (Å²) in [5.41, 5.74) is 6.36. The standard InChI is InChI=1S/C16H26N2O4S2.ClH/c1-23(19,20)12-13-7-9-15(10-8-13)24(21,22)18-16(11-17)14-5-3-2-4-6-14;/h7-10,14,16,18H,2-6,11-12,17H2,1H3;1H. The summed E-state index contributed by atoms with van der Waals surface area (Å²) < 4.78 is 50.4. The predicted octanol–water partition coefficient (Wildman–Crippen LogP) is 1.84. The maximum atomic E-state index is 12.6. The molecule has 0 amide bonds. The van der Waals surface area contributed by atoms with Gasteiger partial charge in [-0.1, -0.05) is 31.4 Å². The van der Waals surface area contributed by atoms with Crippen molar-refractivity contribution in [1.29, 1.82) is 0 Å². The first-order valence-corrected chi connectivity index (χ1v) is 11.7. The highest BCUT2D eigenvalue weighted by Crippen LogP contribution is 2.27. The molecule has 144 valence electrons. The Kier molecular flexibility index (Phi) is 8.34. The fourth-order valence-corrected chi connectivity index (χ4v) is 5.32. The Labute approximate surface area is 157 Å². The summed E-state index contributed by atoms with van der Waals surface area (Å²) in [6.45, 7) is 0.274. The van der Waals surface area contributed by atoms with E-state index in [9.17, 15) is 16.8 Å². The third-order valence-electron chi connectivity index (χ3n) is 4.44. The van der Waals surface area contributed by atoms with Crippen molar-refractivity contribution in [2.24, 2.45) is 11.7 Å². The van der Waals surface area contributed by atoms with Crippen LogP contribution in [0.1, 0.15) is 37.7 Å². The Hall–Kier alpha value is -0.670. The number of rotatable bonds is 7. The second kappa shape index (κ2) is 9.32. The molecular weight excluding hydrogens is 384 g/mol. The van der Waals surface area contributed by atoms with Gasteiger partial charge in [-0.25, -0.2) is 21.6 Å². The van der Waals surface area contributed by atoms with Crippen LogP contribution in [0.25, 0.3) is 0 Å². The van der Waals surface area contributed by atoms with Gasteiger partial charge >= 0.3 is 0 Å². The van der Waals surface area contributed by atoms with E-state index in [0.29, 0.717) is 5.56 Å². The molecule has 0 saturated heterocycles. The molecule has 0 heterocycles. The first kappa shape index (κ1) is 22.4. The first-order valence-electron chi connectivity index (χ1n) is 8.20. The summed E-state index contributed by atoms with van der Waals surface area (Å²) in [4.78, 5) is 0.133. The van der Waals surface area contributed by atoms with Gasteiger partial charge in [0.25, 0.3) is 0 Å². The molecule has 0 bridgehead atoms. The molecule has 0 aliphatic heterocycles. The van der Waals surface area contributed by atoms with E-state index in [1.54, 1.807) is 0 Å². The highest BCUT2D eigenvalue weighted by atomic mass is 35.5. The van der Waals surface area contributed by atoms with Crippen LogP contribution in [0.15, 0.2) is 29.2 Å². The van der Waals surface area contributed by atoms with Crippen molar-refractivity contribution in [1.82, 2.24) is 4.72 Å². The number of sulfonamides is 1. The number of sulfone groups is 1. The SMILES string of the molecule is CS(=O)(=O)Cc1ccc(S(=O)(=O)NC(CN)C2CCCCC2)cc1.Cl. The van der Waals surface area contributed by atoms with E-state index < -0.39 is 19.9 Å². The molecule has 6 nitrogen and oxygen atoms in total. The third-order valence-corrected chi connectivity index (χ3v) is 6.81. The van der Waals surface area contributed by atoms with Crippen LogP contribution in [-0.2, 0) is 25.6 Å². The smallest absolute Gasteiger partial charge is 0.240 e. The molecule has 1 saturated carbocycles. The van der Waals surface area contributed by atoms with Crippen LogP contribution >= 0.6 is 12.4 Å². The summed E-state index contributed by atoms with van der Waals surface area (Å²) in [5, 5.41) is 0. The van der Waals surface area contributed by atoms with E-state index in [1.807, 2.05) is 0 Å². The molecule has 1 aliphatic rings. The van der Waals surface area contributed by atoms with E-state index in [0.717, 1.165) is 31.9 Å². The topological polar surface area (TPSA) is 106 Å². The Morgan fingerprint density at radius 2 is 1.64 bits per heavy atom. The largest absolute Gasteiger partial charge is 0.329 e. The fraction of sp³-hybridized carbons (Fsp3) is 0.625. The molecule has 0 radical (unpaired) electrons. The molecule has 25 heavy (non-hydrogen) atoms. The summed E-state index contributed by atoms with van der Waals surface area (Å²) in [7, 11) is -6.81. The normalized spacial score (nSPS) is 17.7. The van der Waals surface area contributed by atoms with Crippen molar-refractivity contribution < 1.29 is 16.8 Å². The van der Waals surface area contributed by atoms with Crippen LogP contribution in [0.4, 0.5) is 0 Å². The van der Waals surface area contributed by atoms with Crippen molar-refractivity contribution in [3.63, 3.8) is 0 Å². The van der Waals surface area contributed by atoms with Crippen LogP contribution < -0.4 is 10.5 Å². The van der Waals surface area contributed by atoms with Gasteiger partial charge in [0.1, 0.15) is 0 Å². The lowest BCUT2D eigenvalue weighted by molar-refractivity contribution is 0.294. The van der Waals surface area contributed by atoms with Gasteiger partial charge in [-0.15, -0.1) is 12.4 Å². The number of nitrogens with two attached hydrogens (primary N) is 1. The van der Waals surface area contributed by atoms with Gasteiger partial charge in [0.05, 0.1) is 10.6 Å². The number of hydrogen-bond acceptors (Lipinski definition) is 5. The zero-order chi connectivity index (χ0) is 17.8. The number of nitrogens with one attached hydrogen (secondary N) is 1. The average Bonchev–Trinajstić information content (AvgIpc) is 2.52. The minimum atomic E-state index is -3.66. The highest BCUT2D eigenvalue weighted by Gasteiger charge is 2.27. The molecule has 3 N–H and O–H groups in total. The molecule has 1 atom stereocenters. The number of benzene rings is 1. The van der Waals surface area contributed by atoms with E-state index in [2.05, 4.69) is 4.72 Å². The summed E-state index contributed by atoms with van der Waals surface area (Å²) in [6, 6.07) is 5.70. The van der Waals surface area contributed by atoms with Gasteiger partial charge in [0.15, 0.2) is 9.84 Å². The van der Waals surface area contributed by atoms with Crippen molar-refractivity contribution in [2.75, 3.05) is 12.8 Å². The van der Waals surface area contributed by atoms with Gasteiger partial charge in [-0.3, -0.25) is 0 Å². The summed E-state index contributed by atoms with van der Waals surface area (Å²) >= 11 is 0. The molecule has 1 fully saturated rings. The Morgan fingerprint density at radius 1 is 1.08 bits per heavy atom. The molecule has 1 aliphatic carbocycles. The number of halogens is 1. The molecule has 0 aromatic heterocycles. The Bertz CT molecular complexity index is 743. The highest BCUT2D eigenvalue weighted by molar-refractivity contribution is 7.90. The predicted molar refractivity (Wildman–Crippen MR) is 102 cm³/mol. The lowest BCUT2D eigenvalue weighted by atomic mass is 9.84. The van der Waals surface area contributed by atoms with Gasteiger partial charge in [0.2, 0.25) is 10.0 Å². The maximum absolute atomic E-state index is 12.6. The maximum Gasteiger partial charge on any atom is 0.240 e. The van der Waals surface area contributed by atoms with Crippen molar-refractivity contribution in [3.8, 4) is 0 Å². The summed E-state index contributed by atoms with van der Waals surface area (Å²) in [5.74, 6) is 0.178. The second-order valence-corrected chi connectivity index (χ2v) is 10.4. The first-order chi connectivity index (χ1) is 11.2. The Balaban J connectivity index is 0.00000312. The lowest BCUT2D eigenvalue weighted by Gasteiger charge is -2.29. The Morgan fingerprint density at radius 3 is 2.12 bits per heavy atom. The summed E-state index contributed by atoms with van der Waals surface area (Å²) in [6.07, 6.45) is 6.57. The molecule has 1 aromatic carbocycles. The molecule has 1 unspecified atom stereocenters. The van der Waals surface area contributed by atoms with Gasteiger partial charge in [-0.2, -0.15) is 0 Å². The quantitative estimate of drug-likeness (QED) is 0.713. The molecule has 0 spiro atoms. The van der Waals surface area contributed by atoms with Crippen molar-refractivity contribution in [3.05, 3.63) is 29.8 Å². The van der Waals surface area contributed by atoms with Crippen LogP contribution in [0.5, 0.6) is 0 Å². The van der Waals surface area contributed by atoms with Gasteiger partial charge in [-0.05, 0) is 36.5 Å². The van der Waals surface area contributed by atoms with E-state index in [4.69, 9.17) is 5.73 Å². The molecular formula is C16H27ClN2O4S2. The van der Waals surface area contributed by atoms with Crippen LogP contribution in [0.3, 0.4) is 0 Å². The lowest BCUT2D eigenvalue weighted by Crippen LogP contribution is -2.45. The second-order valence-electron chi connectivity index (χ2n) is 6.58. The molecule has 1 aromatic rings. The van der Waals surface area contributed by atoms with Crippen LogP contribution in [0, 0.1) is 5.92 Å². The van der Waals surface area contributed by atoms with Crippen LogP contribution in [0.2, 0.25) is 0 Å². The van der Waals surface area contributed by atoms with Gasteiger partial charge < -0.3 is 5.73 Å². The van der Waals surface area contributed by atoms with E-state index in [-0.39, 0.29) is 41.6 Å². The minimum Gasteiger partial charge on any atom is -0.329 e. The van der Waals surface area contributed by atoms with Crippen molar-refractivity contribution in [2.45, 2.75) is 48.8 Å². The van der Waals surface area contributed by atoms with Crippen molar-refractivity contribution >= 4 is 32.3 Å². The monoisotopic (exact) mass is 410 g/mol. The van der Waals surface area contributed by atoms with Gasteiger partial charge in [0, 0.05) is 18.8 Å². The van der Waals surface area contributed by atoms with E-state index >= 15 is 0 Å². The minimum absolute atomic E-state index is 0.